The van der Waals surface area contributed by atoms with Gasteiger partial charge in [0.1, 0.15) is 12.7 Å². The highest BCUT2D eigenvalue weighted by molar-refractivity contribution is 6.04. The average molecular weight is 418 g/mol. The van der Waals surface area contributed by atoms with Crippen LogP contribution in [-0.4, -0.2) is 46.3 Å². The number of rotatable bonds is 4. The summed E-state index contributed by atoms with van der Waals surface area (Å²) in [7, 11) is 1.84. The van der Waals surface area contributed by atoms with Gasteiger partial charge in [-0.1, -0.05) is 18.2 Å². The second-order valence-corrected chi connectivity index (χ2v) is 7.78. The molecule has 1 fully saturated rings. The molecule has 0 aliphatic heterocycles. The lowest BCUT2D eigenvalue weighted by molar-refractivity contribution is 0.0917. The highest BCUT2D eigenvalue weighted by atomic mass is 16.2. The molecule has 10 nitrogen and oxygen atoms in total. The van der Waals surface area contributed by atoms with E-state index in [0.29, 0.717) is 11.5 Å². The van der Waals surface area contributed by atoms with E-state index in [1.165, 1.54) is 21.8 Å². The molecule has 1 N–H and O–H groups in total. The number of nitrogens with zero attached hydrogens (tertiary/aromatic N) is 7. The van der Waals surface area contributed by atoms with Gasteiger partial charge in [0.15, 0.2) is 11.5 Å². The Morgan fingerprint density at radius 2 is 1.87 bits per heavy atom. The summed E-state index contributed by atoms with van der Waals surface area (Å²) in [6, 6.07) is 10.9. The van der Waals surface area contributed by atoms with Crippen LogP contribution in [0.1, 0.15) is 42.2 Å². The van der Waals surface area contributed by atoms with E-state index in [9.17, 15) is 9.59 Å². The fourth-order valence-electron chi connectivity index (χ4n) is 4.23. The van der Waals surface area contributed by atoms with Crippen LogP contribution >= 0.6 is 0 Å². The largest absolute Gasteiger partial charge is 0.348 e. The van der Waals surface area contributed by atoms with E-state index < -0.39 is 0 Å². The molecule has 5 rings (SSSR count). The van der Waals surface area contributed by atoms with Gasteiger partial charge in [-0.25, -0.2) is 14.3 Å². The second kappa shape index (κ2) is 7.78. The normalized spacial score (nSPS) is 18.9. The molecule has 0 bridgehead atoms. The first-order valence-corrected chi connectivity index (χ1v) is 10.3. The zero-order valence-electron chi connectivity index (χ0n) is 17.0. The number of carbonyl (C=O) groups is 1. The molecule has 3 heterocycles. The Morgan fingerprint density at radius 3 is 2.65 bits per heavy atom. The molecule has 0 spiro atoms. The van der Waals surface area contributed by atoms with Crippen LogP contribution < -0.4 is 10.9 Å². The third-order valence-electron chi connectivity index (χ3n) is 5.82. The van der Waals surface area contributed by atoms with Gasteiger partial charge in [0, 0.05) is 24.5 Å². The average Bonchev–Trinajstić information content (AvgIpc) is 3.44. The summed E-state index contributed by atoms with van der Waals surface area (Å²) >= 11 is 0. The number of aromatic nitrogens is 7. The van der Waals surface area contributed by atoms with Crippen molar-refractivity contribution in [2.75, 3.05) is 0 Å². The maximum atomic E-state index is 12.9. The molecule has 1 amide bonds. The molecule has 0 unspecified atom stereocenters. The van der Waals surface area contributed by atoms with Crippen molar-refractivity contribution in [2.24, 2.45) is 7.05 Å². The predicted octanol–water partition coefficient (Wildman–Crippen LogP) is 1.62. The summed E-state index contributed by atoms with van der Waals surface area (Å²) < 4.78 is 4.78. The van der Waals surface area contributed by atoms with Crippen molar-refractivity contribution in [1.29, 1.82) is 0 Å². The fourth-order valence-corrected chi connectivity index (χ4v) is 4.23. The van der Waals surface area contributed by atoms with Crippen LogP contribution in [0, 0.1) is 0 Å². The fraction of sp³-hybridized carbons (Fsp3) is 0.333. The SMILES string of the molecule is Cn1nc(C(=O)NC2CCC(n3nc(-n4cncn4)ccc3=O)CC2)c2ccccc21. The maximum Gasteiger partial charge on any atom is 0.272 e. The molecular formula is C21H22N8O2. The lowest BCUT2D eigenvalue weighted by Gasteiger charge is -2.29. The summed E-state index contributed by atoms with van der Waals surface area (Å²) in [5, 5.41) is 16.9. The molecule has 0 radical (unpaired) electrons. The number of carbonyl (C=O) groups excluding carboxylic acids is 1. The van der Waals surface area contributed by atoms with Crippen LogP contribution in [0.5, 0.6) is 0 Å². The molecule has 10 heteroatoms. The van der Waals surface area contributed by atoms with Gasteiger partial charge in [-0.05, 0) is 37.8 Å². The molecule has 4 aromatic rings. The van der Waals surface area contributed by atoms with Gasteiger partial charge in [-0.3, -0.25) is 14.3 Å². The zero-order valence-corrected chi connectivity index (χ0v) is 17.0. The quantitative estimate of drug-likeness (QED) is 0.539. The summed E-state index contributed by atoms with van der Waals surface area (Å²) in [6.45, 7) is 0. The number of nitrogens with one attached hydrogen (secondary N) is 1. The van der Waals surface area contributed by atoms with Crippen molar-refractivity contribution in [3.05, 3.63) is 65.1 Å². The minimum atomic E-state index is -0.163. The lowest BCUT2D eigenvalue weighted by atomic mass is 9.91. The van der Waals surface area contributed by atoms with E-state index in [2.05, 4.69) is 25.6 Å². The summed E-state index contributed by atoms with van der Waals surface area (Å²) in [5.74, 6) is 0.387. The summed E-state index contributed by atoms with van der Waals surface area (Å²) in [5.41, 5.74) is 1.23. The molecule has 158 valence electrons. The number of hydrogen-bond acceptors (Lipinski definition) is 6. The van der Waals surface area contributed by atoms with Crippen LogP contribution in [0.25, 0.3) is 16.7 Å². The molecule has 1 aromatic carbocycles. The van der Waals surface area contributed by atoms with E-state index >= 15 is 0 Å². The first-order valence-electron chi connectivity index (χ1n) is 10.3. The van der Waals surface area contributed by atoms with Crippen LogP contribution in [0.15, 0.2) is 53.8 Å². The van der Waals surface area contributed by atoms with Gasteiger partial charge in [-0.2, -0.15) is 10.2 Å². The van der Waals surface area contributed by atoms with Crippen LogP contribution in [0.3, 0.4) is 0 Å². The third-order valence-corrected chi connectivity index (χ3v) is 5.82. The van der Waals surface area contributed by atoms with Crippen LogP contribution in [0.2, 0.25) is 0 Å². The topological polar surface area (TPSA) is 113 Å². The zero-order chi connectivity index (χ0) is 21.4. The van der Waals surface area contributed by atoms with Gasteiger partial charge >= 0.3 is 0 Å². The van der Waals surface area contributed by atoms with E-state index in [1.807, 2.05) is 31.3 Å². The van der Waals surface area contributed by atoms with Crippen molar-refractivity contribution in [3.8, 4) is 5.82 Å². The van der Waals surface area contributed by atoms with E-state index in [1.54, 1.807) is 17.1 Å². The molecule has 0 atom stereocenters. The van der Waals surface area contributed by atoms with Crippen LogP contribution in [0.4, 0.5) is 0 Å². The standard InChI is InChI=1S/C21H22N8O2/c1-27-17-5-3-2-4-16(17)20(26-27)21(31)24-14-6-8-15(9-7-14)29-19(30)11-10-18(25-29)28-13-22-12-23-28/h2-5,10-15H,6-9H2,1H3,(H,24,31). The summed E-state index contributed by atoms with van der Waals surface area (Å²) in [4.78, 5) is 29.2. The number of para-hydroxylation sites is 1. The molecule has 3 aromatic heterocycles. The molecule has 31 heavy (non-hydrogen) atoms. The molecule has 1 saturated carbocycles. The molecule has 0 saturated heterocycles. The minimum Gasteiger partial charge on any atom is -0.348 e. The summed E-state index contributed by atoms with van der Waals surface area (Å²) in [6.07, 6.45) is 6.01. The Morgan fingerprint density at radius 1 is 1.06 bits per heavy atom. The van der Waals surface area contributed by atoms with Crippen molar-refractivity contribution in [2.45, 2.75) is 37.8 Å². The maximum absolute atomic E-state index is 12.9. The first-order chi connectivity index (χ1) is 15.1. The Bertz CT molecular complexity index is 1280. The number of amides is 1. The van der Waals surface area contributed by atoms with E-state index in [4.69, 9.17) is 0 Å². The van der Waals surface area contributed by atoms with E-state index in [0.717, 1.165) is 36.6 Å². The van der Waals surface area contributed by atoms with Gasteiger partial charge in [0.05, 0.1) is 11.6 Å². The molecule has 1 aliphatic carbocycles. The van der Waals surface area contributed by atoms with Gasteiger partial charge in [0.25, 0.3) is 11.5 Å². The monoisotopic (exact) mass is 418 g/mol. The number of benzene rings is 1. The van der Waals surface area contributed by atoms with Crippen LogP contribution in [-0.2, 0) is 7.05 Å². The van der Waals surface area contributed by atoms with E-state index in [-0.39, 0.29) is 23.6 Å². The first kappa shape index (κ1) is 19.2. The minimum absolute atomic E-state index is 0.0141. The number of aryl methyl sites for hydroxylation is 1. The number of fused-ring (bicyclic) bond motifs is 1. The Balaban J connectivity index is 1.27. The van der Waals surface area contributed by atoms with Gasteiger partial charge < -0.3 is 5.32 Å². The highest BCUT2D eigenvalue weighted by Gasteiger charge is 2.26. The molecular weight excluding hydrogens is 396 g/mol. The lowest BCUT2D eigenvalue weighted by Crippen LogP contribution is -2.40. The smallest absolute Gasteiger partial charge is 0.272 e. The van der Waals surface area contributed by atoms with Crippen molar-refractivity contribution >= 4 is 16.8 Å². The second-order valence-electron chi connectivity index (χ2n) is 7.78. The third kappa shape index (κ3) is 3.60. The predicted molar refractivity (Wildman–Crippen MR) is 113 cm³/mol. The van der Waals surface area contributed by atoms with Gasteiger partial charge in [-0.15, -0.1) is 5.10 Å². The Kier molecular flexibility index (Phi) is 4.81. The van der Waals surface area contributed by atoms with Crippen molar-refractivity contribution < 1.29 is 4.79 Å². The highest BCUT2D eigenvalue weighted by Crippen LogP contribution is 2.27. The number of hydrogen-bond donors (Lipinski definition) is 1. The van der Waals surface area contributed by atoms with Crippen molar-refractivity contribution in [1.82, 2.24) is 39.6 Å². The molecule has 1 aliphatic rings. The Hall–Kier alpha value is -3.82. The van der Waals surface area contributed by atoms with Gasteiger partial charge in [0.2, 0.25) is 0 Å². The van der Waals surface area contributed by atoms with Crippen molar-refractivity contribution in [3.63, 3.8) is 0 Å². The Labute approximate surface area is 177 Å².